The fourth-order valence-corrected chi connectivity index (χ4v) is 1.40. The quantitative estimate of drug-likeness (QED) is 0.325. The van der Waals surface area contributed by atoms with Gasteiger partial charge >= 0.3 is 11.9 Å². The molecule has 2 N–H and O–H groups in total. The Morgan fingerprint density at radius 3 is 2.29 bits per heavy atom. The molecule has 0 unspecified atom stereocenters. The minimum absolute atomic E-state index is 0.0970. The number of carboxylic acid groups (broad SMARTS) is 1. The summed E-state index contributed by atoms with van der Waals surface area (Å²) in [6.07, 6.45) is 5.21. The number of carbonyl (C=O) groups excluding carboxylic acids is 1. The van der Waals surface area contributed by atoms with Gasteiger partial charge < -0.3 is 19.7 Å². The Labute approximate surface area is 121 Å². The Morgan fingerprint density at radius 1 is 1.10 bits per heavy atom. The van der Waals surface area contributed by atoms with Gasteiger partial charge in [0, 0.05) is 12.2 Å². The monoisotopic (exact) mass is 292 g/mol. The van der Waals surface area contributed by atoms with Gasteiger partial charge in [0.15, 0.2) is 6.79 Å². The molecule has 0 aliphatic rings. The van der Waals surface area contributed by atoms with Crippen molar-refractivity contribution in [2.75, 3.05) is 20.0 Å². The summed E-state index contributed by atoms with van der Waals surface area (Å²) in [5.74, 6) is -1.64. The van der Waals surface area contributed by atoms with E-state index in [1.165, 1.54) is 18.2 Å². The highest BCUT2D eigenvalue weighted by Gasteiger charge is 1.99. The Balaban J connectivity index is 2.63. The van der Waals surface area contributed by atoms with Crippen molar-refractivity contribution in [3.8, 4) is 0 Å². The van der Waals surface area contributed by atoms with Crippen LogP contribution in [0, 0.1) is 0 Å². The normalized spacial score (nSPS) is 11.1. The number of carbonyl (C=O) groups is 2. The molecule has 6 heteroatoms. The van der Waals surface area contributed by atoms with Gasteiger partial charge in [0.05, 0.1) is 13.2 Å². The molecule has 0 saturated heterocycles. The second-order valence-corrected chi connectivity index (χ2v) is 3.85. The highest BCUT2D eigenvalue weighted by Crippen LogP contribution is 2.12. The molecular formula is C15H16O6. The van der Waals surface area contributed by atoms with Crippen LogP contribution in [0.5, 0.6) is 0 Å². The number of hydrogen-bond donors (Lipinski definition) is 2. The standard InChI is InChI=1S/C15H16O6/c16-9-10-20-11-21-15(19)8-6-13-4-2-1-3-12(13)5-7-14(17)18/h1-8,16H,9-11H2,(H,17,18). The zero-order valence-corrected chi connectivity index (χ0v) is 11.3. The predicted octanol–water partition coefficient (Wildman–Crippen LogP) is 1.31. The number of hydrogen-bond acceptors (Lipinski definition) is 5. The first kappa shape index (κ1) is 16.6. The van der Waals surface area contributed by atoms with Crippen LogP contribution < -0.4 is 0 Å². The maximum Gasteiger partial charge on any atom is 0.332 e. The molecule has 0 aliphatic carbocycles. The van der Waals surface area contributed by atoms with Crippen molar-refractivity contribution >= 4 is 24.1 Å². The number of benzene rings is 1. The van der Waals surface area contributed by atoms with Crippen LogP contribution in [-0.4, -0.2) is 42.2 Å². The van der Waals surface area contributed by atoms with E-state index in [1.54, 1.807) is 24.3 Å². The highest BCUT2D eigenvalue weighted by atomic mass is 16.7. The van der Waals surface area contributed by atoms with Crippen LogP contribution in [0.3, 0.4) is 0 Å². The van der Waals surface area contributed by atoms with Gasteiger partial charge in [-0.15, -0.1) is 0 Å². The molecule has 6 nitrogen and oxygen atoms in total. The minimum Gasteiger partial charge on any atom is -0.478 e. The van der Waals surface area contributed by atoms with Gasteiger partial charge in [0.1, 0.15) is 0 Å². The second kappa shape index (κ2) is 9.46. The molecule has 0 amide bonds. The van der Waals surface area contributed by atoms with Crippen LogP contribution in [0.2, 0.25) is 0 Å². The Kier molecular flexibility index (Phi) is 7.49. The summed E-state index contributed by atoms with van der Waals surface area (Å²) in [6.45, 7) is -0.277. The molecule has 1 rings (SSSR count). The lowest BCUT2D eigenvalue weighted by Gasteiger charge is -2.02. The molecule has 0 spiro atoms. The molecule has 0 bridgehead atoms. The van der Waals surface area contributed by atoms with Crippen molar-refractivity contribution in [2.24, 2.45) is 0 Å². The van der Waals surface area contributed by atoms with Crippen LogP contribution >= 0.6 is 0 Å². The van der Waals surface area contributed by atoms with Gasteiger partial charge in [-0.3, -0.25) is 0 Å². The molecule has 0 radical (unpaired) electrons. The van der Waals surface area contributed by atoms with E-state index in [0.717, 1.165) is 6.08 Å². The number of aliphatic hydroxyl groups excluding tert-OH is 1. The largest absolute Gasteiger partial charge is 0.478 e. The van der Waals surface area contributed by atoms with Crippen molar-refractivity contribution < 1.29 is 29.3 Å². The third-order valence-corrected chi connectivity index (χ3v) is 2.32. The molecule has 0 heterocycles. The van der Waals surface area contributed by atoms with Gasteiger partial charge in [-0.25, -0.2) is 9.59 Å². The number of aliphatic carboxylic acids is 1. The van der Waals surface area contributed by atoms with Crippen molar-refractivity contribution in [3.63, 3.8) is 0 Å². The fourth-order valence-electron chi connectivity index (χ4n) is 1.40. The first-order valence-electron chi connectivity index (χ1n) is 6.17. The summed E-state index contributed by atoms with van der Waals surface area (Å²) in [7, 11) is 0. The number of aliphatic hydroxyl groups is 1. The average Bonchev–Trinajstić information content (AvgIpc) is 2.48. The number of ether oxygens (including phenoxy) is 2. The maximum absolute atomic E-state index is 11.4. The van der Waals surface area contributed by atoms with Crippen LogP contribution in [0.4, 0.5) is 0 Å². The smallest absolute Gasteiger partial charge is 0.332 e. The second-order valence-electron chi connectivity index (χ2n) is 3.85. The molecule has 0 fully saturated rings. The fraction of sp³-hybridized carbons (Fsp3) is 0.200. The average molecular weight is 292 g/mol. The zero-order chi connectivity index (χ0) is 15.5. The van der Waals surface area contributed by atoms with Crippen LogP contribution in [0.15, 0.2) is 36.4 Å². The molecule has 21 heavy (non-hydrogen) atoms. The molecule has 1 aromatic rings. The highest BCUT2D eigenvalue weighted by molar-refractivity contribution is 5.89. The van der Waals surface area contributed by atoms with Crippen LogP contribution in [-0.2, 0) is 19.1 Å². The number of carboxylic acids is 1. The molecule has 0 atom stereocenters. The molecule has 1 aromatic carbocycles. The number of rotatable bonds is 8. The van der Waals surface area contributed by atoms with E-state index >= 15 is 0 Å². The van der Waals surface area contributed by atoms with E-state index in [2.05, 4.69) is 0 Å². The lowest BCUT2D eigenvalue weighted by Crippen LogP contribution is -2.08. The third-order valence-electron chi connectivity index (χ3n) is 2.32. The summed E-state index contributed by atoms with van der Waals surface area (Å²) in [6, 6.07) is 7.01. The summed E-state index contributed by atoms with van der Waals surface area (Å²) in [4.78, 5) is 21.9. The Morgan fingerprint density at radius 2 is 1.71 bits per heavy atom. The first-order chi connectivity index (χ1) is 10.1. The third kappa shape index (κ3) is 7.05. The van der Waals surface area contributed by atoms with E-state index in [0.29, 0.717) is 11.1 Å². The van der Waals surface area contributed by atoms with Crippen LogP contribution in [0.25, 0.3) is 12.2 Å². The molecule has 112 valence electrons. The van der Waals surface area contributed by atoms with E-state index in [4.69, 9.17) is 19.7 Å². The van der Waals surface area contributed by atoms with Crippen molar-refractivity contribution in [2.45, 2.75) is 0 Å². The van der Waals surface area contributed by atoms with Gasteiger partial charge in [0.2, 0.25) is 0 Å². The first-order valence-corrected chi connectivity index (χ1v) is 6.17. The molecule has 0 saturated carbocycles. The van der Waals surface area contributed by atoms with E-state index in [9.17, 15) is 9.59 Å². The van der Waals surface area contributed by atoms with Crippen LogP contribution in [0.1, 0.15) is 11.1 Å². The van der Waals surface area contributed by atoms with E-state index in [1.807, 2.05) is 0 Å². The van der Waals surface area contributed by atoms with Crippen molar-refractivity contribution in [1.82, 2.24) is 0 Å². The molecule has 0 aliphatic heterocycles. The summed E-state index contributed by atoms with van der Waals surface area (Å²) in [5, 5.41) is 17.1. The number of esters is 1. The van der Waals surface area contributed by atoms with E-state index in [-0.39, 0.29) is 20.0 Å². The molecular weight excluding hydrogens is 276 g/mol. The SMILES string of the molecule is O=C(O)C=Cc1ccccc1C=CC(=O)OCOCCO. The lowest BCUT2D eigenvalue weighted by atomic mass is 10.1. The van der Waals surface area contributed by atoms with Crippen molar-refractivity contribution in [1.29, 1.82) is 0 Å². The minimum atomic E-state index is -1.05. The Bertz CT molecular complexity index is 533. The topological polar surface area (TPSA) is 93.1 Å². The van der Waals surface area contributed by atoms with Gasteiger partial charge in [-0.2, -0.15) is 0 Å². The summed E-state index contributed by atoms with van der Waals surface area (Å²) >= 11 is 0. The maximum atomic E-state index is 11.4. The van der Waals surface area contributed by atoms with Gasteiger partial charge in [-0.05, 0) is 23.3 Å². The zero-order valence-electron chi connectivity index (χ0n) is 11.3. The van der Waals surface area contributed by atoms with Gasteiger partial charge in [-0.1, -0.05) is 24.3 Å². The summed E-state index contributed by atoms with van der Waals surface area (Å²) in [5.41, 5.74) is 1.35. The predicted molar refractivity (Wildman–Crippen MR) is 76.1 cm³/mol. The Hall–Kier alpha value is -2.44. The van der Waals surface area contributed by atoms with Crippen molar-refractivity contribution in [3.05, 3.63) is 47.5 Å². The van der Waals surface area contributed by atoms with E-state index < -0.39 is 11.9 Å². The lowest BCUT2D eigenvalue weighted by molar-refractivity contribution is -0.150. The molecule has 0 aromatic heterocycles. The summed E-state index contributed by atoms with van der Waals surface area (Å²) < 4.78 is 9.52. The van der Waals surface area contributed by atoms with Gasteiger partial charge in [0.25, 0.3) is 0 Å².